The van der Waals surface area contributed by atoms with Crippen molar-refractivity contribution in [3.63, 3.8) is 0 Å². The van der Waals surface area contributed by atoms with Crippen LogP contribution in [0.3, 0.4) is 0 Å². The summed E-state index contributed by atoms with van der Waals surface area (Å²) in [5.41, 5.74) is 1.58. The van der Waals surface area contributed by atoms with E-state index in [1.54, 1.807) is 62.4 Å². The standard InChI is InChI=1S/C23H27N3O5/c1-14(2)20(26-23(30)25-18-8-6-5-7-9-18)22(29)31-16(4)21(28)24-19-12-10-17(11-13-19)15(3)27/h5-14,16,20H,1-4H3,(H,24,28)(H2,25,26,30)/t16-,20-/m1/s1. The van der Waals surface area contributed by atoms with E-state index in [9.17, 15) is 19.2 Å². The highest BCUT2D eigenvalue weighted by Crippen LogP contribution is 2.12. The molecule has 0 spiro atoms. The average Bonchev–Trinajstić information content (AvgIpc) is 2.72. The predicted molar refractivity (Wildman–Crippen MR) is 118 cm³/mol. The predicted octanol–water partition coefficient (Wildman–Crippen LogP) is 3.61. The summed E-state index contributed by atoms with van der Waals surface area (Å²) in [4.78, 5) is 48.5. The van der Waals surface area contributed by atoms with Crippen LogP contribution in [0.2, 0.25) is 0 Å². The van der Waals surface area contributed by atoms with Gasteiger partial charge in [-0.1, -0.05) is 32.0 Å². The second-order valence-electron chi connectivity index (χ2n) is 7.39. The second-order valence-corrected chi connectivity index (χ2v) is 7.39. The molecule has 0 radical (unpaired) electrons. The first-order valence-electron chi connectivity index (χ1n) is 9.92. The Balaban J connectivity index is 1.93. The lowest BCUT2D eigenvalue weighted by atomic mass is 10.0. The van der Waals surface area contributed by atoms with Crippen molar-refractivity contribution < 1.29 is 23.9 Å². The number of ether oxygens (including phenoxy) is 1. The molecule has 3 N–H and O–H groups in total. The minimum atomic E-state index is -1.08. The second kappa shape index (κ2) is 10.9. The van der Waals surface area contributed by atoms with E-state index in [-0.39, 0.29) is 11.7 Å². The fourth-order valence-electron chi connectivity index (χ4n) is 2.66. The summed E-state index contributed by atoms with van der Waals surface area (Å²) in [6, 6.07) is 13.7. The molecule has 0 aliphatic carbocycles. The highest BCUT2D eigenvalue weighted by molar-refractivity contribution is 5.98. The van der Waals surface area contributed by atoms with Crippen molar-refractivity contribution in [3.05, 3.63) is 60.2 Å². The maximum Gasteiger partial charge on any atom is 0.329 e. The van der Waals surface area contributed by atoms with Crippen LogP contribution in [0.4, 0.5) is 16.2 Å². The fraction of sp³-hybridized carbons (Fsp3) is 0.304. The van der Waals surface area contributed by atoms with Gasteiger partial charge in [-0.2, -0.15) is 0 Å². The van der Waals surface area contributed by atoms with Gasteiger partial charge in [-0.05, 0) is 56.2 Å². The Morgan fingerprint density at radius 3 is 1.94 bits per heavy atom. The number of hydrogen-bond acceptors (Lipinski definition) is 5. The highest BCUT2D eigenvalue weighted by atomic mass is 16.5. The zero-order valence-corrected chi connectivity index (χ0v) is 18.0. The van der Waals surface area contributed by atoms with Crippen LogP contribution < -0.4 is 16.0 Å². The number of anilines is 2. The van der Waals surface area contributed by atoms with Crippen LogP contribution in [0, 0.1) is 5.92 Å². The largest absolute Gasteiger partial charge is 0.451 e. The molecule has 8 nitrogen and oxygen atoms in total. The van der Waals surface area contributed by atoms with E-state index in [0.29, 0.717) is 16.9 Å². The first-order chi connectivity index (χ1) is 14.7. The quantitative estimate of drug-likeness (QED) is 0.442. The summed E-state index contributed by atoms with van der Waals surface area (Å²) in [7, 11) is 0. The third-order valence-electron chi connectivity index (χ3n) is 4.46. The van der Waals surface area contributed by atoms with E-state index in [1.807, 2.05) is 6.07 Å². The van der Waals surface area contributed by atoms with E-state index in [2.05, 4.69) is 16.0 Å². The number of carbonyl (C=O) groups is 4. The number of para-hydroxylation sites is 1. The molecule has 0 saturated carbocycles. The number of urea groups is 1. The monoisotopic (exact) mass is 425 g/mol. The van der Waals surface area contributed by atoms with E-state index in [4.69, 9.17) is 4.74 Å². The minimum absolute atomic E-state index is 0.0799. The van der Waals surface area contributed by atoms with Crippen LogP contribution in [0.25, 0.3) is 0 Å². The number of benzene rings is 2. The average molecular weight is 425 g/mol. The molecule has 0 unspecified atom stereocenters. The fourth-order valence-corrected chi connectivity index (χ4v) is 2.66. The molecule has 8 heteroatoms. The molecule has 0 fully saturated rings. The van der Waals surface area contributed by atoms with Gasteiger partial charge in [-0.15, -0.1) is 0 Å². The van der Waals surface area contributed by atoms with Crippen LogP contribution >= 0.6 is 0 Å². The molecular formula is C23H27N3O5. The van der Waals surface area contributed by atoms with Crippen molar-refractivity contribution in [2.75, 3.05) is 10.6 Å². The molecule has 164 valence electrons. The number of esters is 1. The lowest BCUT2D eigenvalue weighted by Crippen LogP contribution is -2.48. The normalized spacial score (nSPS) is 12.4. The number of amides is 3. The highest BCUT2D eigenvalue weighted by Gasteiger charge is 2.29. The van der Waals surface area contributed by atoms with E-state index < -0.39 is 30.1 Å². The molecule has 3 amide bonds. The van der Waals surface area contributed by atoms with E-state index in [0.717, 1.165) is 0 Å². The molecule has 0 saturated heterocycles. The Hall–Kier alpha value is -3.68. The third kappa shape index (κ3) is 7.26. The summed E-state index contributed by atoms with van der Waals surface area (Å²) in [5.74, 6) is -1.58. The summed E-state index contributed by atoms with van der Waals surface area (Å²) in [6.45, 7) is 6.42. The van der Waals surface area contributed by atoms with Gasteiger partial charge >= 0.3 is 12.0 Å². The summed E-state index contributed by atoms with van der Waals surface area (Å²) >= 11 is 0. The molecule has 0 aliphatic rings. The number of carbonyl (C=O) groups excluding carboxylic acids is 4. The molecular weight excluding hydrogens is 398 g/mol. The van der Waals surface area contributed by atoms with Crippen molar-refractivity contribution in [1.82, 2.24) is 5.32 Å². The Morgan fingerprint density at radius 2 is 1.39 bits per heavy atom. The van der Waals surface area contributed by atoms with Crippen LogP contribution in [-0.4, -0.2) is 35.8 Å². The van der Waals surface area contributed by atoms with Crippen molar-refractivity contribution >= 4 is 35.1 Å². The van der Waals surface area contributed by atoms with Crippen molar-refractivity contribution in [3.8, 4) is 0 Å². The zero-order valence-electron chi connectivity index (χ0n) is 18.0. The third-order valence-corrected chi connectivity index (χ3v) is 4.46. The van der Waals surface area contributed by atoms with Gasteiger partial charge in [0.25, 0.3) is 5.91 Å². The topological polar surface area (TPSA) is 114 Å². The molecule has 0 heterocycles. The van der Waals surface area contributed by atoms with Gasteiger partial charge in [0.15, 0.2) is 11.9 Å². The summed E-state index contributed by atoms with van der Waals surface area (Å²) in [6.07, 6.45) is -1.08. The van der Waals surface area contributed by atoms with Crippen LogP contribution in [0.15, 0.2) is 54.6 Å². The minimum Gasteiger partial charge on any atom is -0.451 e. The Kier molecular flexibility index (Phi) is 8.31. The van der Waals surface area contributed by atoms with Crippen molar-refractivity contribution in [2.45, 2.75) is 39.8 Å². The van der Waals surface area contributed by atoms with Crippen LogP contribution in [0.1, 0.15) is 38.1 Å². The van der Waals surface area contributed by atoms with Crippen molar-refractivity contribution in [1.29, 1.82) is 0 Å². The number of hydrogen-bond donors (Lipinski definition) is 3. The molecule has 2 rings (SSSR count). The van der Waals surface area contributed by atoms with E-state index >= 15 is 0 Å². The number of Topliss-reactive ketones (excluding diaryl/α,β-unsaturated/α-hetero) is 1. The molecule has 0 aromatic heterocycles. The van der Waals surface area contributed by atoms with E-state index in [1.165, 1.54) is 13.8 Å². The van der Waals surface area contributed by atoms with Gasteiger partial charge in [0.1, 0.15) is 6.04 Å². The summed E-state index contributed by atoms with van der Waals surface area (Å²) < 4.78 is 5.27. The molecule has 2 aromatic carbocycles. The molecule has 2 atom stereocenters. The number of ketones is 1. The number of nitrogens with one attached hydrogen (secondary N) is 3. The first-order valence-corrected chi connectivity index (χ1v) is 9.92. The molecule has 2 aromatic rings. The van der Waals surface area contributed by atoms with Gasteiger partial charge in [-0.3, -0.25) is 9.59 Å². The molecule has 0 bridgehead atoms. The first kappa shape index (κ1) is 23.6. The van der Waals surface area contributed by atoms with Crippen molar-refractivity contribution in [2.24, 2.45) is 5.92 Å². The van der Waals surface area contributed by atoms with Crippen LogP contribution in [-0.2, 0) is 14.3 Å². The molecule has 31 heavy (non-hydrogen) atoms. The van der Waals surface area contributed by atoms with Crippen LogP contribution in [0.5, 0.6) is 0 Å². The molecule has 0 aliphatic heterocycles. The number of rotatable bonds is 8. The lowest BCUT2D eigenvalue weighted by molar-refractivity contribution is -0.156. The zero-order chi connectivity index (χ0) is 23.0. The van der Waals surface area contributed by atoms with Gasteiger partial charge in [0.05, 0.1) is 0 Å². The Bertz CT molecular complexity index is 926. The Labute approximate surface area is 181 Å². The Morgan fingerprint density at radius 1 is 0.806 bits per heavy atom. The van der Waals surface area contributed by atoms with Gasteiger partial charge in [0.2, 0.25) is 0 Å². The smallest absolute Gasteiger partial charge is 0.329 e. The maximum absolute atomic E-state index is 12.6. The SMILES string of the molecule is CC(=O)c1ccc(NC(=O)[C@@H](C)OC(=O)[C@H](NC(=O)Nc2ccccc2)C(C)C)cc1. The summed E-state index contributed by atoms with van der Waals surface area (Å²) in [5, 5.41) is 7.86. The van der Waals surface area contributed by atoms with Gasteiger partial charge < -0.3 is 20.7 Å². The van der Waals surface area contributed by atoms with Gasteiger partial charge in [-0.25, -0.2) is 9.59 Å². The maximum atomic E-state index is 12.6. The van der Waals surface area contributed by atoms with Gasteiger partial charge in [0, 0.05) is 16.9 Å². The lowest BCUT2D eigenvalue weighted by Gasteiger charge is -2.23.